The monoisotopic (exact) mass is 301 g/mol. The topological polar surface area (TPSA) is 136 Å². The third kappa shape index (κ3) is 3.92. The van der Waals surface area contributed by atoms with Gasteiger partial charge >= 0.3 is 0 Å². The van der Waals surface area contributed by atoms with E-state index in [4.69, 9.17) is 16.6 Å². The summed E-state index contributed by atoms with van der Waals surface area (Å²) in [4.78, 5) is 10.9. The molecule has 1 rings (SSSR count). The summed E-state index contributed by atoms with van der Waals surface area (Å²) in [5, 5.41) is 8.91. The number of amides is 1. The van der Waals surface area contributed by atoms with Crippen LogP contribution in [0.1, 0.15) is 30.6 Å². The summed E-state index contributed by atoms with van der Waals surface area (Å²) in [6, 6.07) is 3.75. The molecule has 112 valence electrons. The standard InChI is InChI=1S/C12H19N3O4S/c1-12(2,5-6-16)15-20(18,19)10-4-3-8(11(14)17)7-9(10)13/h3-4,7,15-16H,5-6,13H2,1-2H3,(H2,14,17). The van der Waals surface area contributed by atoms with Crippen LogP contribution >= 0.6 is 0 Å². The molecule has 1 aromatic carbocycles. The summed E-state index contributed by atoms with van der Waals surface area (Å²) >= 11 is 0. The molecule has 8 heteroatoms. The van der Waals surface area contributed by atoms with Crippen LogP contribution in [0, 0.1) is 0 Å². The molecule has 0 aliphatic rings. The second-order valence-electron chi connectivity index (χ2n) is 5.08. The van der Waals surface area contributed by atoms with Crippen LogP contribution in [0.3, 0.4) is 0 Å². The number of benzene rings is 1. The Morgan fingerprint density at radius 1 is 1.40 bits per heavy atom. The van der Waals surface area contributed by atoms with Gasteiger partial charge in [0.25, 0.3) is 0 Å². The van der Waals surface area contributed by atoms with Gasteiger partial charge in [-0.15, -0.1) is 0 Å². The van der Waals surface area contributed by atoms with E-state index in [1.165, 1.54) is 18.2 Å². The van der Waals surface area contributed by atoms with E-state index in [1.54, 1.807) is 13.8 Å². The predicted octanol–water partition coefficient (Wildman–Crippen LogP) is -0.193. The zero-order valence-electron chi connectivity index (χ0n) is 11.4. The lowest BCUT2D eigenvalue weighted by atomic mass is 10.0. The van der Waals surface area contributed by atoms with Crippen LogP contribution in [-0.4, -0.2) is 31.6 Å². The quantitative estimate of drug-likeness (QED) is 0.540. The highest BCUT2D eigenvalue weighted by atomic mass is 32.2. The molecule has 0 spiro atoms. The Morgan fingerprint density at radius 3 is 2.45 bits per heavy atom. The summed E-state index contributed by atoms with van der Waals surface area (Å²) in [7, 11) is -3.85. The normalized spacial score (nSPS) is 12.3. The first-order valence-corrected chi connectivity index (χ1v) is 7.41. The Bertz CT molecular complexity index is 611. The maximum atomic E-state index is 12.2. The van der Waals surface area contributed by atoms with E-state index in [-0.39, 0.29) is 29.2 Å². The van der Waals surface area contributed by atoms with E-state index < -0.39 is 21.5 Å². The molecule has 7 nitrogen and oxygen atoms in total. The van der Waals surface area contributed by atoms with Crippen molar-refractivity contribution in [2.45, 2.75) is 30.7 Å². The van der Waals surface area contributed by atoms with Gasteiger partial charge in [-0.3, -0.25) is 4.79 Å². The molecule has 0 aliphatic carbocycles. The van der Waals surface area contributed by atoms with Crippen molar-refractivity contribution in [1.29, 1.82) is 0 Å². The Morgan fingerprint density at radius 2 is 2.00 bits per heavy atom. The summed E-state index contributed by atoms with van der Waals surface area (Å²) in [6.07, 6.45) is 0.255. The van der Waals surface area contributed by atoms with Crippen LogP contribution in [0.4, 0.5) is 5.69 Å². The highest BCUT2D eigenvalue weighted by molar-refractivity contribution is 7.89. The van der Waals surface area contributed by atoms with Crippen LogP contribution in [0.15, 0.2) is 23.1 Å². The first-order chi connectivity index (χ1) is 9.09. The molecule has 0 radical (unpaired) electrons. The van der Waals surface area contributed by atoms with Gasteiger partial charge in [-0.25, -0.2) is 13.1 Å². The molecule has 1 aromatic rings. The largest absolute Gasteiger partial charge is 0.398 e. The minimum Gasteiger partial charge on any atom is -0.398 e. The molecule has 1 amide bonds. The lowest BCUT2D eigenvalue weighted by molar-refractivity contribution is 0.1000. The molecule has 0 bridgehead atoms. The molecule has 0 unspecified atom stereocenters. The van der Waals surface area contributed by atoms with E-state index in [0.29, 0.717) is 0 Å². The number of carbonyl (C=O) groups excluding carboxylic acids is 1. The SMILES string of the molecule is CC(C)(CCO)NS(=O)(=O)c1ccc(C(N)=O)cc1N. The smallest absolute Gasteiger partial charge is 0.248 e. The molecular formula is C12H19N3O4S. The van der Waals surface area contributed by atoms with Crippen molar-refractivity contribution < 1.29 is 18.3 Å². The van der Waals surface area contributed by atoms with Crippen molar-refractivity contribution in [1.82, 2.24) is 4.72 Å². The third-order valence-electron chi connectivity index (χ3n) is 2.73. The van der Waals surface area contributed by atoms with Crippen molar-refractivity contribution in [3.63, 3.8) is 0 Å². The van der Waals surface area contributed by atoms with Crippen LogP contribution < -0.4 is 16.2 Å². The van der Waals surface area contributed by atoms with Gasteiger partial charge < -0.3 is 16.6 Å². The maximum Gasteiger partial charge on any atom is 0.248 e. The van der Waals surface area contributed by atoms with Crippen molar-refractivity contribution in [3.8, 4) is 0 Å². The maximum absolute atomic E-state index is 12.2. The molecule has 20 heavy (non-hydrogen) atoms. The number of aliphatic hydroxyl groups is 1. The fourth-order valence-corrected chi connectivity index (χ4v) is 3.25. The fourth-order valence-electron chi connectivity index (χ4n) is 1.70. The van der Waals surface area contributed by atoms with E-state index in [2.05, 4.69) is 4.72 Å². The number of hydrogen-bond acceptors (Lipinski definition) is 5. The molecule has 0 fully saturated rings. The number of primary amides is 1. The van der Waals surface area contributed by atoms with Gasteiger partial charge in [0.15, 0.2) is 0 Å². The van der Waals surface area contributed by atoms with E-state index >= 15 is 0 Å². The number of sulfonamides is 1. The number of aliphatic hydroxyl groups excluding tert-OH is 1. The average molecular weight is 301 g/mol. The number of carbonyl (C=O) groups is 1. The number of nitrogen functional groups attached to an aromatic ring is 1. The van der Waals surface area contributed by atoms with Crippen molar-refractivity contribution in [2.75, 3.05) is 12.3 Å². The summed E-state index contributed by atoms with van der Waals surface area (Å²) in [5.41, 5.74) is 10.0. The molecular weight excluding hydrogens is 282 g/mol. The van der Waals surface area contributed by atoms with Crippen LogP contribution in [0.5, 0.6) is 0 Å². The lowest BCUT2D eigenvalue weighted by Gasteiger charge is -2.25. The number of anilines is 1. The zero-order chi connectivity index (χ0) is 15.6. The number of rotatable bonds is 6. The molecule has 0 saturated carbocycles. The molecule has 0 aromatic heterocycles. The summed E-state index contributed by atoms with van der Waals surface area (Å²) in [6.45, 7) is 3.15. The van der Waals surface area contributed by atoms with E-state index in [1.807, 2.05) is 0 Å². The Kier molecular flexibility index (Phi) is 4.74. The van der Waals surface area contributed by atoms with Crippen molar-refractivity contribution in [3.05, 3.63) is 23.8 Å². The van der Waals surface area contributed by atoms with E-state index in [0.717, 1.165) is 0 Å². The van der Waals surface area contributed by atoms with Crippen LogP contribution in [0.2, 0.25) is 0 Å². The third-order valence-corrected chi connectivity index (χ3v) is 4.50. The number of nitrogens with two attached hydrogens (primary N) is 2. The van der Waals surface area contributed by atoms with Gasteiger partial charge in [0.1, 0.15) is 4.90 Å². The predicted molar refractivity (Wildman–Crippen MR) is 75.5 cm³/mol. The minimum atomic E-state index is -3.85. The molecule has 0 heterocycles. The van der Waals surface area contributed by atoms with Crippen LogP contribution in [0.25, 0.3) is 0 Å². The lowest BCUT2D eigenvalue weighted by Crippen LogP contribution is -2.44. The molecule has 0 atom stereocenters. The van der Waals surface area contributed by atoms with Gasteiger partial charge in [-0.05, 0) is 38.5 Å². The average Bonchev–Trinajstić information content (AvgIpc) is 2.26. The van der Waals surface area contributed by atoms with Crippen molar-refractivity contribution in [2.24, 2.45) is 5.73 Å². The number of hydrogen-bond donors (Lipinski definition) is 4. The summed E-state index contributed by atoms with van der Waals surface area (Å²) < 4.78 is 26.9. The highest BCUT2D eigenvalue weighted by Gasteiger charge is 2.27. The molecule has 0 aliphatic heterocycles. The Hall–Kier alpha value is -1.64. The first-order valence-electron chi connectivity index (χ1n) is 5.93. The summed E-state index contributed by atoms with van der Waals surface area (Å²) in [5.74, 6) is -0.686. The van der Waals surface area contributed by atoms with Gasteiger partial charge in [0.05, 0.1) is 5.69 Å². The first kappa shape index (κ1) is 16.4. The second kappa shape index (κ2) is 5.78. The minimum absolute atomic E-state index is 0.0615. The zero-order valence-corrected chi connectivity index (χ0v) is 12.2. The number of nitrogens with one attached hydrogen (secondary N) is 1. The van der Waals surface area contributed by atoms with Gasteiger partial charge in [0, 0.05) is 17.7 Å². The Labute approximate surface area is 118 Å². The van der Waals surface area contributed by atoms with Crippen molar-refractivity contribution >= 4 is 21.6 Å². The Balaban J connectivity index is 3.14. The van der Waals surface area contributed by atoms with Gasteiger partial charge in [0.2, 0.25) is 15.9 Å². The highest BCUT2D eigenvalue weighted by Crippen LogP contribution is 2.22. The van der Waals surface area contributed by atoms with Crippen LogP contribution in [-0.2, 0) is 10.0 Å². The molecule has 6 N–H and O–H groups in total. The second-order valence-corrected chi connectivity index (χ2v) is 6.73. The van der Waals surface area contributed by atoms with E-state index in [9.17, 15) is 13.2 Å². The fraction of sp³-hybridized carbons (Fsp3) is 0.417. The van der Waals surface area contributed by atoms with Gasteiger partial charge in [-0.1, -0.05) is 0 Å². The van der Waals surface area contributed by atoms with Gasteiger partial charge in [-0.2, -0.15) is 0 Å². The molecule has 0 saturated heterocycles.